The SMILES string of the molecule is Nc1ccc(-c2cc(Cc3ccc(OCc4ccccc4)cn3)no2)c(N)n1. The lowest BCUT2D eigenvalue weighted by Gasteiger charge is -2.06. The van der Waals surface area contributed by atoms with E-state index >= 15 is 0 Å². The lowest BCUT2D eigenvalue weighted by atomic mass is 10.1. The van der Waals surface area contributed by atoms with Crippen LogP contribution in [-0.4, -0.2) is 15.1 Å². The van der Waals surface area contributed by atoms with Gasteiger partial charge in [-0.1, -0.05) is 35.5 Å². The highest BCUT2D eigenvalue weighted by molar-refractivity contribution is 5.71. The van der Waals surface area contributed by atoms with E-state index in [1.165, 1.54) is 0 Å². The predicted molar refractivity (Wildman–Crippen MR) is 106 cm³/mol. The van der Waals surface area contributed by atoms with Crippen LogP contribution in [0.3, 0.4) is 0 Å². The number of hydrogen-bond acceptors (Lipinski definition) is 7. The molecule has 7 nitrogen and oxygen atoms in total. The molecule has 0 aliphatic carbocycles. The van der Waals surface area contributed by atoms with E-state index in [4.69, 9.17) is 20.7 Å². The number of nitrogens with zero attached hydrogens (tertiary/aromatic N) is 3. The van der Waals surface area contributed by atoms with Crippen molar-refractivity contribution in [3.05, 3.63) is 83.8 Å². The number of aromatic nitrogens is 3. The number of nitrogen functional groups attached to an aromatic ring is 2. The molecule has 0 aliphatic heterocycles. The Morgan fingerprint density at radius 1 is 0.929 bits per heavy atom. The molecule has 4 N–H and O–H groups in total. The second-order valence-corrected chi connectivity index (χ2v) is 6.29. The van der Waals surface area contributed by atoms with Crippen molar-refractivity contribution in [2.24, 2.45) is 0 Å². The fourth-order valence-electron chi connectivity index (χ4n) is 2.75. The predicted octanol–water partition coefficient (Wildman–Crippen LogP) is 3.47. The summed E-state index contributed by atoms with van der Waals surface area (Å²) in [6.07, 6.45) is 2.24. The summed E-state index contributed by atoms with van der Waals surface area (Å²) in [6.45, 7) is 0.506. The van der Waals surface area contributed by atoms with Crippen LogP contribution in [0, 0.1) is 0 Å². The molecule has 0 atom stereocenters. The van der Waals surface area contributed by atoms with Crippen LogP contribution >= 0.6 is 0 Å². The van der Waals surface area contributed by atoms with Crippen molar-refractivity contribution < 1.29 is 9.26 Å². The zero-order chi connectivity index (χ0) is 19.3. The Kier molecular flexibility index (Phi) is 4.88. The molecule has 3 heterocycles. The van der Waals surface area contributed by atoms with E-state index in [0.29, 0.717) is 41.7 Å². The monoisotopic (exact) mass is 373 g/mol. The zero-order valence-corrected chi connectivity index (χ0v) is 15.1. The van der Waals surface area contributed by atoms with E-state index < -0.39 is 0 Å². The minimum Gasteiger partial charge on any atom is -0.487 e. The normalized spacial score (nSPS) is 10.7. The zero-order valence-electron chi connectivity index (χ0n) is 15.1. The second-order valence-electron chi connectivity index (χ2n) is 6.29. The van der Waals surface area contributed by atoms with Crippen LogP contribution in [0.25, 0.3) is 11.3 Å². The molecule has 140 valence electrons. The summed E-state index contributed by atoms with van der Waals surface area (Å²) in [5.41, 5.74) is 14.9. The Balaban J connectivity index is 1.40. The molecule has 7 heteroatoms. The van der Waals surface area contributed by atoms with Gasteiger partial charge in [-0.3, -0.25) is 4.98 Å². The number of ether oxygens (including phenoxy) is 1. The minimum absolute atomic E-state index is 0.306. The Bertz CT molecular complexity index is 1060. The summed E-state index contributed by atoms with van der Waals surface area (Å²) in [4.78, 5) is 8.47. The molecule has 0 fully saturated rings. The Morgan fingerprint density at radius 2 is 1.79 bits per heavy atom. The summed E-state index contributed by atoms with van der Waals surface area (Å²) in [5, 5.41) is 4.09. The van der Waals surface area contributed by atoms with Crippen LogP contribution in [-0.2, 0) is 13.0 Å². The molecule has 0 amide bonds. The number of pyridine rings is 2. The first-order valence-electron chi connectivity index (χ1n) is 8.77. The van der Waals surface area contributed by atoms with Crippen molar-refractivity contribution >= 4 is 11.6 Å². The molecule has 28 heavy (non-hydrogen) atoms. The largest absolute Gasteiger partial charge is 0.487 e. The number of rotatable bonds is 6. The van der Waals surface area contributed by atoms with Crippen molar-refractivity contribution in [1.82, 2.24) is 15.1 Å². The van der Waals surface area contributed by atoms with E-state index in [0.717, 1.165) is 17.0 Å². The van der Waals surface area contributed by atoms with Gasteiger partial charge in [0.1, 0.15) is 24.0 Å². The Hall–Kier alpha value is -3.87. The molecule has 0 unspecified atom stereocenters. The first kappa shape index (κ1) is 17.5. The molecule has 4 rings (SSSR count). The van der Waals surface area contributed by atoms with Crippen molar-refractivity contribution in [1.29, 1.82) is 0 Å². The molecular formula is C21H19N5O2. The highest BCUT2D eigenvalue weighted by Crippen LogP contribution is 2.26. The summed E-state index contributed by atoms with van der Waals surface area (Å²) in [5.74, 6) is 1.93. The van der Waals surface area contributed by atoms with Gasteiger partial charge in [-0.2, -0.15) is 0 Å². The highest BCUT2D eigenvalue weighted by atomic mass is 16.5. The average molecular weight is 373 g/mol. The molecule has 4 aromatic rings. The maximum atomic E-state index is 5.90. The van der Waals surface area contributed by atoms with Gasteiger partial charge in [-0.05, 0) is 29.8 Å². The van der Waals surface area contributed by atoms with Gasteiger partial charge in [-0.15, -0.1) is 0 Å². The van der Waals surface area contributed by atoms with Crippen molar-refractivity contribution in [3.63, 3.8) is 0 Å². The minimum atomic E-state index is 0.306. The van der Waals surface area contributed by atoms with Gasteiger partial charge < -0.3 is 20.7 Å². The molecule has 0 bridgehead atoms. The summed E-state index contributed by atoms with van der Waals surface area (Å²) >= 11 is 0. The summed E-state index contributed by atoms with van der Waals surface area (Å²) < 4.78 is 11.1. The van der Waals surface area contributed by atoms with E-state index in [1.807, 2.05) is 48.5 Å². The van der Waals surface area contributed by atoms with Crippen LogP contribution < -0.4 is 16.2 Å². The number of nitrogens with two attached hydrogens (primary N) is 2. The quantitative estimate of drug-likeness (QED) is 0.532. The van der Waals surface area contributed by atoms with Gasteiger partial charge in [-0.25, -0.2) is 4.98 Å². The van der Waals surface area contributed by atoms with Gasteiger partial charge in [0.05, 0.1) is 17.5 Å². The molecule has 3 aromatic heterocycles. The molecule has 1 aromatic carbocycles. The summed E-state index contributed by atoms with van der Waals surface area (Å²) in [7, 11) is 0. The third kappa shape index (κ3) is 4.09. The van der Waals surface area contributed by atoms with Crippen molar-refractivity contribution in [2.75, 3.05) is 11.5 Å². The van der Waals surface area contributed by atoms with E-state index in [-0.39, 0.29) is 0 Å². The molecule has 0 saturated heterocycles. The summed E-state index contributed by atoms with van der Waals surface area (Å²) in [6, 6.07) is 19.1. The standard InChI is InChI=1S/C21H19N5O2/c22-20-9-8-18(21(23)25-20)19-11-16(26-28-19)10-15-6-7-17(12-24-15)27-13-14-4-2-1-3-5-14/h1-9,11-12H,10,13H2,(H4,22,23,25). The third-order valence-electron chi connectivity index (χ3n) is 4.18. The third-order valence-corrected chi connectivity index (χ3v) is 4.18. The maximum absolute atomic E-state index is 5.90. The van der Waals surface area contributed by atoms with Crippen LogP contribution in [0.2, 0.25) is 0 Å². The lowest BCUT2D eigenvalue weighted by Crippen LogP contribution is -1.97. The number of benzene rings is 1. The van der Waals surface area contributed by atoms with E-state index in [1.54, 1.807) is 18.3 Å². The molecule has 0 aliphatic rings. The lowest BCUT2D eigenvalue weighted by molar-refractivity contribution is 0.305. The first-order valence-corrected chi connectivity index (χ1v) is 8.77. The number of anilines is 2. The van der Waals surface area contributed by atoms with Crippen LogP contribution in [0.1, 0.15) is 17.0 Å². The van der Waals surface area contributed by atoms with E-state index in [9.17, 15) is 0 Å². The molecule has 0 radical (unpaired) electrons. The molecular weight excluding hydrogens is 354 g/mol. The second kappa shape index (κ2) is 7.79. The number of hydrogen-bond donors (Lipinski definition) is 2. The van der Waals surface area contributed by atoms with Crippen LogP contribution in [0.4, 0.5) is 11.6 Å². The fourth-order valence-corrected chi connectivity index (χ4v) is 2.75. The highest BCUT2D eigenvalue weighted by Gasteiger charge is 2.12. The van der Waals surface area contributed by atoms with Gasteiger partial charge in [0.15, 0.2) is 5.76 Å². The van der Waals surface area contributed by atoms with Crippen molar-refractivity contribution in [2.45, 2.75) is 13.0 Å². The smallest absolute Gasteiger partial charge is 0.170 e. The van der Waals surface area contributed by atoms with Crippen LogP contribution in [0.5, 0.6) is 5.75 Å². The Morgan fingerprint density at radius 3 is 2.54 bits per heavy atom. The van der Waals surface area contributed by atoms with Gasteiger partial charge in [0.2, 0.25) is 0 Å². The van der Waals surface area contributed by atoms with Crippen LogP contribution in [0.15, 0.2) is 71.4 Å². The van der Waals surface area contributed by atoms with Gasteiger partial charge in [0, 0.05) is 18.2 Å². The van der Waals surface area contributed by atoms with Crippen molar-refractivity contribution in [3.8, 4) is 17.1 Å². The average Bonchev–Trinajstić information content (AvgIpc) is 3.16. The fraction of sp³-hybridized carbons (Fsp3) is 0.0952. The van der Waals surface area contributed by atoms with Gasteiger partial charge >= 0.3 is 0 Å². The maximum Gasteiger partial charge on any atom is 0.170 e. The molecule has 0 saturated carbocycles. The molecule has 0 spiro atoms. The van der Waals surface area contributed by atoms with E-state index in [2.05, 4.69) is 15.1 Å². The van der Waals surface area contributed by atoms with Gasteiger partial charge in [0.25, 0.3) is 0 Å². The first-order chi connectivity index (χ1) is 13.7. The topological polar surface area (TPSA) is 113 Å². The Labute approximate surface area is 162 Å².